The molecule has 1 aromatic rings. The van der Waals surface area contributed by atoms with Crippen molar-refractivity contribution in [3.8, 4) is 11.5 Å². The standard InChI is InChI=1S/C24H35N3O4/c1-4-5-10-27-23(29)26(16-18(2)3)22(28)24(27)8-11-25(12-9-24)17-19-6-7-20-21(15-19)31-14-13-30-20/h6-7,15,18H,4-5,8-14,16-17H2,1-3H3. The van der Waals surface area contributed by atoms with Crippen LogP contribution in [0.1, 0.15) is 52.0 Å². The van der Waals surface area contributed by atoms with E-state index in [0.717, 1.165) is 44.0 Å². The second-order valence-corrected chi connectivity index (χ2v) is 9.38. The van der Waals surface area contributed by atoms with Crippen LogP contribution in [0.3, 0.4) is 0 Å². The molecular formula is C24H35N3O4. The Morgan fingerprint density at radius 3 is 2.45 bits per heavy atom. The molecule has 0 unspecified atom stereocenters. The zero-order valence-electron chi connectivity index (χ0n) is 19.1. The highest BCUT2D eigenvalue weighted by atomic mass is 16.6. The molecule has 4 rings (SSSR count). The van der Waals surface area contributed by atoms with Crippen LogP contribution in [-0.2, 0) is 11.3 Å². The number of rotatable bonds is 7. The number of fused-ring (bicyclic) bond motifs is 1. The predicted octanol–water partition coefficient (Wildman–Crippen LogP) is 3.51. The van der Waals surface area contributed by atoms with E-state index >= 15 is 0 Å². The molecule has 31 heavy (non-hydrogen) atoms. The van der Waals surface area contributed by atoms with Crippen LogP contribution < -0.4 is 9.47 Å². The first-order valence-corrected chi connectivity index (χ1v) is 11.7. The molecule has 0 aromatic heterocycles. The van der Waals surface area contributed by atoms with Gasteiger partial charge in [-0.1, -0.05) is 33.3 Å². The summed E-state index contributed by atoms with van der Waals surface area (Å²) in [6, 6.07) is 6.03. The third-order valence-corrected chi connectivity index (χ3v) is 6.60. The van der Waals surface area contributed by atoms with Gasteiger partial charge in [0.1, 0.15) is 18.8 Å². The Labute approximate surface area is 185 Å². The van der Waals surface area contributed by atoms with Crippen molar-refractivity contribution in [3.05, 3.63) is 23.8 Å². The van der Waals surface area contributed by atoms with Gasteiger partial charge >= 0.3 is 6.03 Å². The van der Waals surface area contributed by atoms with Crippen molar-refractivity contribution in [2.75, 3.05) is 39.4 Å². The van der Waals surface area contributed by atoms with Crippen LogP contribution in [0.4, 0.5) is 4.79 Å². The number of likely N-dealkylation sites (tertiary alicyclic amines) is 1. The number of nitrogens with zero attached hydrogens (tertiary/aromatic N) is 3. The monoisotopic (exact) mass is 429 g/mol. The highest BCUT2D eigenvalue weighted by molar-refractivity contribution is 6.07. The Morgan fingerprint density at radius 1 is 1.06 bits per heavy atom. The average molecular weight is 430 g/mol. The Balaban J connectivity index is 1.45. The molecule has 1 spiro atoms. The number of imide groups is 1. The number of hydrogen-bond acceptors (Lipinski definition) is 5. The second kappa shape index (κ2) is 9.07. The van der Waals surface area contributed by atoms with Gasteiger partial charge in [-0.15, -0.1) is 0 Å². The van der Waals surface area contributed by atoms with E-state index in [-0.39, 0.29) is 17.9 Å². The van der Waals surface area contributed by atoms with Crippen molar-refractivity contribution < 1.29 is 19.1 Å². The maximum Gasteiger partial charge on any atom is 0.327 e. The minimum absolute atomic E-state index is 0.0151. The van der Waals surface area contributed by atoms with E-state index in [1.54, 1.807) is 0 Å². The lowest BCUT2D eigenvalue weighted by Crippen LogP contribution is -2.56. The van der Waals surface area contributed by atoms with Crippen LogP contribution in [0, 0.1) is 5.92 Å². The Hall–Kier alpha value is -2.28. The molecule has 0 aliphatic carbocycles. The summed E-state index contributed by atoms with van der Waals surface area (Å²) in [5.41, 5.74) is 0.517. The first kappa shape index (κ1) is 21.9. The van der Waals surface area contributed by atoms with Crippen LogP contribution in [0.15, 0.2) is 18.2 Å². The lowest BCUT2D eigenvalue weighted by atomic mass is 9.85. The fraction of sp³-hybridized carbons (Fsp3) is 0.667. The molecule has 7 nitrogen and oxygen atoms in total. The number of unbranched alkanes of at least 4 members (excludes halogenated alkanes) is 1. The minimum atomic E-state index is -0.662. The molecule has 3 aliphatic heterocycles. The van der Waals surface area contributed by atoms with Gasteiger partial charge in [0.15, 0.2) is 11.5 Å². The van der Waals surface area contributed by atoms with Gasteiger partial charge in [-0.25, -0.2) is 4.79 Å². The molecule has 0 atom stereocenters. The van der Waals surface area contributed by atoms with Crippen molar-refractivity contribution in [1.29, 1.82) is 0 Å². The van der Waals surface area contributed by atoms with E-state index in [4.69, 9.17) is 9.47 Å². The van der Waals surface area contributed by atoms with Crippen LogP contribution in [-0.4, -0.2) is 71.6 Å². The molecule has 0 N–H and O–H groups in total. The zero-order chi connectivity index (χ0) is 22.0. The van der Waals surface area contributed by atoms with E-state index in [0.29, 0.717) is 39.1 Å². The summed E-state index contributed by atoms with van der Waals surface area (Å²) in [5, 5.41) is 0. The number of urea groups is 1. The normalized spacial score (nSPS) is 20.9. The number of benzene rings is 1. The number of piperidine rings is 1. The third-order valence-electron chi connectivity index (χ3n) is 6.60. The Kier molecular flexibility index (Phi) is 6.42. The van der Waals surface area contributed by atoms with E-state index in [1.165, 1.54) is 10.5 Å². The molecule has 3 amide bonds. The summed E-state index contributed by atoms with van der Waals surface area (Å²) < 4.78 is 11.3. The van der Waals surface area contributed by atoms with Gasteiger partial charge in [0, 0.05) is 32.7 Å². The molecule has 0 bridgehead atoms. The van der Waals surface area contributed by atoms with E-state index in [2.05, 4.69) is 37.8 Å². The largest absolute Gasteiger partial charge is 0.486 e. The number of ether oxygens (including phenoxy) is 2. The van der Waals surface area contributed by atoms with Crippen LogP contribution in [0.25, 0.3) is 0 Å². The van der Waals surface area contributed by atoms with Crippen molar-refractivity contribution in [2.24, 2.45) is 5.92 Å². The maximum absolute atomic E-state index is 13.4. The second-order valence-electron chi connectivity index (χ2n) is 9.38. The smallest absolute Gasteiger partial charge is 0.327 e. The number of carbonyl (C=O) groups is 2. The number of amides is 3. The number of carbonyl (C=O) groups excluding carboxylic acids is 2. The van der Waals surface area contributed by atoms with Crippen molar-refractivity contribution in [1.82, 2.24) is 14.7 Å². The van der Waals surface area contributed by atoms with Crippen molar-refractivity contribution in [2.45, 2.75) is 58.5 Å². The molecule has 0 saturated carbocycles. The minimum Gasteiger partial charge on any atom is -0.486 e. The molecular weight excluding hydrogens is 394 g/mol. The van der Waals surface area contributed by atoms with E-state index in [1.807, 2.05) is 11.0 Å². The SMILES string of the molecule is CCCCN1C(=O)N(CC(C)C)C(=O)C12CCN(Cc1ccc3c(c1)OCCO3)CC2. The Bertz CT molecular complexity index is 817. The maximum atomic E-state index is 13.4. The van der Waals surface area contributed by atoms with Crippen molar-refractivity contribution >= 4 is 11.9 Å². The molecule has 170 valence electrons. The van der Waals surface area contributed by atoms with E-state index < -0.39 is 5.54 Å². The van der Waals surface area contributed by atoms with Gasteiger partial charge in [0.25, 0.3) is 5.91 Å². The molecule has 2 fully saturated rings. The van der Waals surface area contributed by atoms with Crippen LogP contribution in [0.5, 0.6) is 11.5 Å². The van der Waals surface area contributed by atoms with Gasteiger partial charge in [0.05, 0.1) is 0 Å². The van der Waals surface area contributed by atoms with Crippen molar-refractivity contribution in [3.63, 3.8) is 0 Å². The fourth-order valence-corrected chi connectivity index (χ4v) is 4.94. The molecule has 3 heterocycles. The topological polar surface area (TPSA) is 62.3 Å². The Morgan fingerprint density at radius 2 is 1.77 bits per heavy atom. The average Bonchev–Trinajstić information content (AvgIpc) is 2.95. The summed E-state index contributed by atoms with van der Waals surface area (Å²) in [4.78, 5) is 32.3. The summed E-state index contributed by atoms with van der Waals surface area (Å²) in [5.74, 6) is 1.90. The predicted molar refractivity (Wildman–Crippen MR) is 118 cm³/mol. The van der Waals surface area contributed by atoms with Gasteiger partial charge in [-0.2, -0.15) is 0 Å². The lowest BCUT2D eigenvalue weighted by molar-refractivity contribution is -0.136. The first-order chi connectivity index (χ1) is 14.9. The zero-order valence-corrected chi connectivity index (χ0v) is 19.1. The highest BCUT2D eigenvalue weighted by Gasteiger charge is 2.57. The molecule has 7 heteroatoms. The summed E-state index contributed by atoms with van der Waals surface area (Å²) >= 11 is 0. The molecule has 0 radical (unpaired) electrons. The summed E-state index contributed by atoms with van der Waals surface area (Å²) in [6.07, 6.45) is 3.33. The fourth-order valence-electron chi connectivity index (χ4n) is 4.94. The summed E-state index contributed by atoms with van der Waals surface area (Å²) in [7, 11) is 0. The van der Waals surface area contributed by atoms with Gasteiger partial charge in [-0.3, -0.25) is 14.6 Å². The number of hydrogen-bond donors (Lipinski definition) is 0. The van der Waals surface area contributed by atoms with E-state index in [9.17, 15) is 9.59 Å². The highest BCUT2D eigenvalue weighted by Crippen LogP contribution is 2.38. The lowest BCUT2D eigenvalue weighted by Gasteiger charge is -2.42. The summed E-state index contributed by atoms with van der Waals surface area (Å²) in [6.45, 7) is 11.0. The van der Waals surface area contributed by atoms with Gasteiger partial charge < -0.3 is 14.4 Å². The third kappa shape index (κ3) is 4.25. The molecule has 1 aromatic carbocycles. The molecule has 2 saturated heterocycles. The molecule has 3 aliphatic rings. The van der Waals surface area contributed by atoms with Gasteiger partial charge in [-0.05, 0) is 42.9 Å². The quantitative estimate of drug-likeness (QED) is 0.621. The van der Waals surface area contributed by atoms with Gasteiger partial charge in [0.2, 0.25) is 0 Å². The first-order valence-electron chi connectivity index (χ1n) is 11.7. The van der Waals surface area contributed by atoms with Crippen LogP contribution >= 0.6 is 0 Å². The van der Waals surface area contributed by atoms with Crippen LogP contribution in [0.2, 0.25) is 0 Å².